The predicted octanol–water partition coefficient (Wildman–Crippen LogP) is 3.86. The van der Waals surface area contributed by atoms with Crippen molar-refractivity contribution < 1.29 is 4.79 Å². The van der Waals surface area contributed by atoms with Crippen LogP contribution in [0.3, 0.4) is 0 Å². The molecule has 3 aliphatic heterocycles. The van der Waals surface area contributed by atoms with E-state index in [4.69, 9.17) is 0 Å². The Kier molecular flexibility index (Phi) is 7.24. The molecule has 156 valence electrons. The van der Waals surface area contributed by atoms with E-state index in [-0.39, 0.29) is 0 Å². The predicted molar refractivity (Wildman–Crippen MR) is 113 cm³/mol. The van der Waals surface area contributed by atoms with Gasteiger partial charge in [-0.3, -0.25) is 9.69 Å². The fourth-order valence-electron chi connectivity index (χ4n) is 5.67. The second kappa shape index (κ2) is 9.26. The summed E-state index contributed by atoms with van der Waals surface area (Å²) in [4.78, 5) is 17.5. The molecule has 1 amide bonds. The zero-order valence-corrected chi connectivity index (χ0v) is 18.3. The summed E-state index contributed by atoms with van der Waals surface area (Å²) in [6, 6.07) is 1.62. The summed E-state index contributed by atoms with van der Waals surface area (Å²) in [6.07, 6.45) is 11.3. The van der Waals surface area contributed by atoms with Crippen LogP contribution in [0.15, 0.2) is 0 Å². The van der Waals surface area contributed by atoms with E-state index in [9.17, 15) is 4.79 Å². The molecule has 0 radical (unpaired) electrons. The number of likely N-dealkylation sites (tertiary alicyclic amines) is 3. The molecule has 0 bridgehead atoms. The first-order valence-corrected chi connectivity index (χ1v) is 11.6. The molecular weight excluding hydrogens is 334 g/mol. The Morgan fingerprint density at radius 1 is 0.852 bits per heavy atom. The lowest BCUT2D eigenvalue weighted by Gasteiger charge is -2.60. The molecule has 0 unspecified atom stereocenters. The normalized spacial score (nSPS) is 27.3. The third-order valence-corrected chi connectivity index (χ3v) is 7.64. The average molecular weight is 378 g/mol. The number of carbonyl (C=O) groups is 1. The first-order chi connectivity index (χ1) is 12.9. The molecule has 0 aromatic carbocycles. The lowest BCUT2D eigenvalue weighted by Crippen LogP contribution is -2.72. The van der Waals surface area contributed by atoms with E-state index in [2.05, 4.69) is 37.5 Å². The second-order valence-corrected chi connectivity index (χ2v) is 10.4. The van der Waals surface area contributed by atoms with Crippen molar-refractivity contribution in [1.82, 2.24) is 14.7 Å². The lowest BCUT2D eigenvalue weighted by molar-refractivity contribution is -0.149. The second-order valence-electron chi connectivity index (χ2n) is 10.4. The summed E-state index contributed by atoms with van der Waals surface area (Å²) in [5.74, 6) is 1.91. The molecule has 0 atom stereocenters. The third-order valence-electron chi connectivity index (χ3n) is 7.64. The summed E-state index contributed by atoms with van der Waals surface area (Å²) in [6.45, 7) is 16.3. The van der Waals surface area contributed by atoms with Gasteiger partial charge >= 0.3 is 0 Å². The Bertz CT molecular complexity index is 450. The van der Waals surface area contributed by atoms with Gasteiger partial charge in [0.2, 0.25) is 6.41 Å². The van der Waals surface area contributed by atoms with Gasteiger partial charge in [-0.25, -0.2) is 0 Å². The Morgan fingerprint density at radius 3 is 1.93 bits per heavy atom. The smallest absolute Gasteiger partial charge is 0.209 e. The molecule has 4 rings (SSSR count). The molecule has 4 fully saturated rings. The van der Waals surface area contributed by atoms with Gasteiger partial charge in [-0.05, 0) is 64.5 Å². The van der Waals surface area contributed by atoms with Gasteiger partial charge in [-0.1, -0.05) is 33.1 Å². The molecule has 0 aromatic heterocycles. The summed E-state index contributed by atoms with van der Waals surface area (Å²) >= 11 is 0. The van der Waals surface area contributed by atoms with Gasteiger partial charge in [-0.2, -0.15) is 0 Å². The summed E-state index contributed by atoms with van der Waals surface area (Å²) in [7, 11) is 0. The Hall–Kier alpha value is -0.610. The Balaban J connectivity index is 0.000000159. The van der Waals surface area contributed by atoms with E-state index in [0.29, 0.717) is 11.5 Å². The van der Waals surface area contributed by atoms with Gasteiger partial charge in [0.1, 0.15) is 0 Å². The fourth-order valence-corrected chi connectivity index (χ4v) is 5.67. The number of carbonyl (C=O) groups excluding carboxylic acids is 1. The van der Waals surface area contributed by atoms with Gasteiger partial charge < -0.3 is 9.80 Å². The molecule has 3 saturated heterocycles. The first kappa shape index (κ1) is 21.1. The number of hydrogen-bond donors (Lipinski definition) is 0. The molecule has 27 heavy (non-hydrogen) atoms. The van der Waals surface area contributed by atoms with Gasteiger partial charge in [-0.15, -0.1) is 0 Å². The number of rotatable bonds is 4. The quantitative estimate of drug-likeness (QED) is 0.696. The highest BCUT2D eigenvalue weighted by molar-refractivity contribution is 5.49. The van der Waals surface area contributed by atoms with Crippen LogP contribution in [0.25, 0.3) is 0 Å². The molecule has 1 spiro atoms. The van der Waals surface area contributed by atoms with Crippen LogP contribution in [0, 0.1) is 17.3 Å². The zero-order valence-electron chi connectivity index (χ0n) is 18.3. The standard InChI is InChI=1S/C14H27N.C9H16N2O/c1-12(2)13-8-10-15(11-9-13)14-6-4-3-5-7-14;1-8(2)11-5-9(6-11)3-10(4-9)7-12/h12-14H,3-11H2,1-2H3;7-8H,3-6H2,1-2H3. The van der Waals surface area contributed by atoms with Crippen LogP contribution in [0.1, 0.15) is 72.6 Å². The molecule has 3 heterocycles. The van der Waals surface area contributed by atoms with E-state index in [1.807, 2.05) is 4.90 Å². The fraction of sp³-hybridized carbons (Fsp3) is 0.957. The SMILES string of the molecule is CC(C)C1CCN(C2CCCCC2)CC1.CC(C)N1CC2(CN(C=O)C2)C1. The highest BCUT2D eigenvalue weighted by Crippen LogP contribution is 2.39. The van der Waals surface area contributed by atoms with Crippen LogP contribution in [-0.4, -0.2) is 72.5 Å². The molecule has 1 aliphatic carbocycles. The minimum absolute atomic E-state index is 0.491. The van der Waals surface area contributed by atoms with E-state index in [0.717, 1.165) is 37.4 Å². The van der Waals surface area contributed by atoms with Gasteiger partial charge in [0.25, 0.3) is 0 Å². The maximum atomic E-state index is 10.3. The molecular formula is C23H43N3O. The van der Waals surface area contributed by atoms with E-state index >= 15 is 0 Å². The van der Waals surface area contributed by atoms with Crippen molar-refractivity contribution in [3.05, 3.63) is 0 Å². The van der Waals surface area contributed by atoms with Crippen LogP contribution < -0.4 is 0 Å². The van der Waals surface area contributed by atoms with Crippen LogP contribution >= 0.6 is 0 Å². The van der Waals surface area contributed by atoms with Crippen molar-refractivity contribution in [2.24, 2.45) is 17.3 Å². The van der Waals surface area contributed by atoms with Crippen molar-refractivity contribution in [2.75, 3.05) is 39.3 Å². The maximum Gasteiger partial charge on any atom is 0.209 e. The van der Waals surface area contributed by atoms with Crippen molar-refractivity contribution in [3.63, 3.8) is 0 Å². The summed E-state index contributed by atoms with van der Waals surface area (Å²) < 4.78 is 0. The highest BCUT2D eigenvalue weighted by atomic mass is 16.1. The van der Waals surface area contributed by atoms with Gasteiger partial charge in [0.05, 0.1) is 0 Å². The lowest BCUT2D eigenvalue weighted by atomic mass is 9.72. The highest BCUT2D eigenvalue weighted by Gasteiger charge is 2.51. The molecule has 4 heteroatoms. The van der Waals surface area contributed by atoms with Crippen molar-refractivity contribution in [1.29, 1.82) is 0 Å². The zero-order chi connectivity index (χ0) is 19.4. The molecule has 1 saturated carbocycles. The monoisotopic (exact) mass is 377 g/mol. The summed E-state index contributed by atoms with van der Waals surface area (Å²) in [5.41, 5.74) is 0.491. The van der Waals surface area contributed by atoms with E-state index in [1.165, 1.54) is 71.1 Å². The van der Waals surface area contributed by atoms with Gasteiger partial charge in [0, 0.05) is 43.7 Å². The Labute approximate surface area is 167 Å². The topological polar surface area (TPSA) is 26.8 Å². The molecule has 0 N–H and O–H groups in total. The number of hydrogen-bond acceptors (Lipinski definition) is 3. The average Bonchev–Trinajstić information content (AvgIpc) is 2.61. The van der Waals surface area contributed by atoms with Crippen molar-refractivity contribution in [3.8, 4) is 0 Å². The van der Waals surface area contributed by atoms with Crippen molar-refractivity contribution >= 4 is 6.41 Å². The maximum absolute atomic E-state index is 10.3. The van der Waals surface area contributed by atoms with Crippen molar-refractivity contribution in [2.45, 2.75) is 84.7 Å². The van der Waals surface area contributed by atoms with Gasteiger partial charge in [0.15, 0.2) is 0 Å². The van der Waals surface area contributed by atoms with E-state index < -0.39 is 0 Å². The molecule has 4 nitrogen and oxygen atoms in total. The largest absolute Gasteiger partial charge is 0.344 e. The molecule has 0 aromatic rings. The molecule has 4 aliphatic rings. The van der Waals surface area contributed by atoms with E-state index in [1.54, 1.807) is 0 Å². The minimum atomic E-state index is 0.491. The first-order valence-electron chi connectivity index (χ1n) is 11.6. The minimum Gasteiger partial charge on any atom is -0.344 e. The van der Waals surface area contributed by atoms with Crippen LogP contribution in [-0.2, 0) is 4.79 Å². The number of amides is 1. The summed E-state index contributed by atoms with van der Waals surface area (Å²) in [5, 5.41) is 0. The third kappa shape index (κ3) is 5.26. The van der Waals surface area contributed by atoms with Crippen LogP contribution in [0.5, 0.6) is 0 Å². The van der Waals surface area contributed by atoms with Crippen LogP contribution in [0.2, 0.25) is 0 Å². The number of piperidine rings is 1. The Morgan fingerprint density at radius 2 is 1.44 bits per heavy atom. The number of nitrogens with zero attached hydrogens (tertiary/aromatic N) is 3. The van der Waals surface area contributed by atoms with Crippen LogP contribution in [0.4, 0.5) is 0 Å².